The number of ether oxygens (including phenoxy) is 1. The Hall–Kier alpha value is -3.19. The molecule has 0 saturated heterocycles. The SMILES string of the molecule is CCc1nn2c(CNC(=O)c3ccc(OC)cc3)c(-c3ccccc3)nc2s1. The molecule has 0 saturated carbocycles. The lowest BCUT2D eigenvalue weighted by Crippen LogP contribution is -2.24. The van der Waals surface area contributed by atoms with Crippen molar-refractivity contribution in [3.63, 3.8) is 0 Å². The van der Waals surface area contributed by atoms with Gasteiger partial charge >= 0.3 is 0 Å². The summed E-state index contributed by atoms with van der Waals surface area (Å²) in [6.07, 6.45) is 0.854. The van der Waals surface area contributed by atoms with Gasteiger partial charge in [-0.3, -0.25) is 4.79 Å². The summed E-state index contributed by atoms with van der Waals surface area (Å²) in [6, 6.07) is 17.0. The minimum Gasteiger partial charge on any atom is -0.497 e. The predicted octanol–water partition coefficient (Wildman–Crippen LogP) is 3.96. The van der Waals surface area contributed by atoms with E-state index in [1.165, 1.54) is 0 Å². The Morgan fingerprint density at radius 2 is 1.89 bits per heavy atom. The van der Waals surface area contributed by atoms with Crippen molar-refractivity contribution in [3.8, 4) is 17.0 Å². The van der Waals surface area contributed by atoms with E-state index in [1.54, 1.807) is 42.7 Å². The molecule has 2 aromatic carbocycles. The van der Waals surface area contributed by atoms with Gasteiger partial charge in [0.1, 0.15) is 10.8 Å². The monoisotopic (exact) mass is 392 g/mol. The highest BCUT2D eigenvalue weighted by molar-refractivity contribution is 7.16. The molecule has 28 heavy (non-hydrogen) atoms. The van der Waals surface area contributed by atoms with Gasteiger partial charge in [0.25, 0.3) is 5.91 Å². The van der Waals surface area contributed by atoms with Crippen molar-refractivity contribution >= 4 is 22.2 Å². The second-order valence-electron chi connectivity index (χ2n) is 6.23. The fourth-order valence-electron chi connectivity index (χ4n) is 2.97. The lowest BCUT2D eigenvalue weighted by molar-refractivity contribution is 0.0950. The molecule has 0 unspecified atom stereocenters. The smallest absolute Gasteiger partial charge is 0.251 e. The van der Waals surface area contributed by atoms with Crippen molar-refractivity contribution in [2.45, 2.75) is 19.9 Å². The number of imidazole rings is 1. The van der Waals surface area contributed by atoms with E-state index in [9.17, 15) is 4.79 Å². The van der Waals surface area contributed by atoms with E-state index in [0.717, 1.165) is 39.1 Å². The molecular weight excluding hydrogens is 372 g/mol. The summed E-state index contributed by atoms with van der Waals surface area (Å²) in [4.78, 5) is 18.2. The van der Waals surface area contributed by atoms with Gasteiger partial charge in [0.05, 0.1) is 25.0 Å². The molecule has 0 bridgehead atoms. The van der Waals surface area contributed by atoms with Crippen LogP contribution in [-0.2, 0) is 13.0 Å². The van der Waals surface area contributed by atoms with Crippen LogP contribution in [0.2, 0.25) is 0 Å². The molecule has 0 aliphatic heterocycles. The predicted molar refractivity (Wildman–Crippen MR) is 110 cm³/mol. The lowest BCUT2D eigenvalue weighted by atomic mass is 10.1. The molecular formula is C21H20N4O2S. The number of nitrogens with zero attached hydrogens (tertiary/aromatic N) is 3. The van der Waals surface area contributed by atoms with Crippen molar-refractivity contribution in [1.29, 1.82) is 0 Å². The Bertz CT molecular complexity index is 1100. The normalized spacial score (nSPS) is 10.9. The van der Waals surface area contributed by atoms with Crippen molar-refractivity contribution in [3.05, 3.63) is 70.9 Å². The van der Waals surface area contributed by atoms with E-state index in [-0.39, 0.29) is 5.91 Å². The van der Waals surface area contributed by atoms with E-state index >= 15 is 0 Å². The number of nitrogens with one attached hydrogen (secondary N) is 1. The number of hydrogen-bond acceptors (Lipinski definition) is 5. The highest BCUT2D eigenvalue weighted by atomic mass is 32.1. The Morgan fingerprint density at radius 3 is 2.57 bits per heavy atom. The maximum absolute atomic E-state index is 12.6. The van der Waals surface area contributed by atoms with Crippen LogP contribution in [0, 0.1) is 0 Å². The van der Waals surface area contributed by atoms with Gasteiger partial charge in [-0.1, -0.05) is 48.6 Å². The fourth-order valence-corrected chi connectivity index (χ4v) is 3.82. The molecule has 0 spiro atoms. The molecule has 4 aromatic rings. The number of aryl methyl sites for hydroxylation is 1. The average molecular weight is 392 g/mol. The van der Waals surface area contributed by atoms with Gasteiger partial charge in [-0.05, 0) is 30.7 Å². The zero-order valence-electron chi connectivity index (χ0n) is 15.7. The number of benzene rings is 2. The molecule has 2 aromatic heterocycles. The number of methoxy groups -OCH3 is 1. The second kappa shape index (κ2) is 7.82. The van der Waals surface area contributed by atoms with Gasteiger partial charge in [0, 0.05) is 11.1 Å². The lowest BCUT2D eigenvalue weighted by Gasteiger charge is -2.07. The second-order valence-corrected chi connectivity index (χ2v) is 7.27. The highest BCUT2D eigenvalue weighted by Gasteiger charge is 2.18. The molecule has 1 amide bonds. The van der Waals surface area contributed by atoms with Crippen LogP contribution >= 0.6 is 11.3 Å². The van der Waals surface area contributed by atoms with Crippen LogP contribution in [0.1, 0.15) is 28.0 Å². The van der Waals surface area contributed by atoms with Crippen LogP contribution < -0.4 is 10.1 Å². The van der Waals surface area contributed by atoms with E-state index < -0.39 is 0 Å². The third-order valence-corrected chi connectivity index (χ3v) is 5.51. The number of fused-ring (bicyclic) bond motifs is 1. The first-order chi connectivity index (χ1) is 13.7. The van der Waals surface area contributed by atoms with Crippen molar-refractivity contribution < 1.29 is 9.53 Å². The van der Waals surface area contributed by atoms with Gasteiger partial charge in [-0.15, -0.1) is 0 Å². The third-order valence-electron chi connectivity index (χ3n) is 4.46. The van der Waals surface area contributed by atoms with Crippen molar-refractivity contribution in [2.24, 2.45) is 0 Å². The van der Waals surface area contributed by atoms with E-state index in [0.29, 0.717) is 12.1 Å². The quantitative estimate of drug-likeness (QED) is 0.539. The largest absolute Gasteiger partial charge is 0.497 e. The van der Waals surface area contributed by atoms with Crippen LogP contribution in [-0.4, -0.2) is 27.6 Å². The number of carbonyl (C=O) groups excluding carboxylic acids is 1. The molecule has 0 atom stereocenters. The average Bonchev–Trinajstić information content (AvgIpc) is 3.30. The summed E-state index contributed by atoms with van der Waals surface area (Å²) in [5.74, 6) is 0.567. The standard InChI is InChI=1S/C21H20N4O2S/c1-3-18-24-25-17(13-22-20(26)15-9-11-16(27-2)12-10-15)19(23-21(25)28-18)14-7-5-4-6-8-14/h4-12H,3,13H2,1-2H3,(H,22,26). The Morgan fingerprint density at radius 1 is 1.14 bits per heavy atom. The van der Waals surface area contributed by atoms with Crippen LogP contribution in [0.15, 0.2) is 54.6 Å². The van der Waals surface area contributed by atoms with Crippen molar-refractivity contribution in [2.75, 3.05) is 7.11 Å². The van der Waals surface area contributed by atoms with E-state index in [1.807, 2.05) is 34.8 Å². The van der Waals surface area contributed by atoms with Gasteiger partial charge in [-0.25, -0.2) is 9.50 Å². The van der Waals surface area contributed by atoms with Crippen LogP contribution in [0.3, 0.4) is 0 Å². The van der Waals surface area contributed by atoms with Gasteiger partial charge in [0.15, 0.2) is 0 Å². The first kappa shape index (κ1) is 18.2. The van der Waals surface area contributed by atoms with Crippen LogP contribution in [0.4, 0.5) is 0 Å². The van der Waals surface area contributed by atoms with Crippen LogP contribution in [0.5, 0.6) is 5.75 Å². The summed E-state index contributed by atoms with van der Waals surface area (Å²) in [5.41, 5.74) is 3.30. The minimum atomic E-state index is -0.150. The van der Waals surface area contributed by atoms with Crippen molar-refractivity contribution in [1.82, 2.24) is 19.9 Å². The van der Waals surface area contributed by atoms with Gasteiger partial charge in [-0.2, -0.15) is 5.10 Å². The summed E-state index contributed by atoms with van der Waals surface area (Å²) in [6.45, 7) is 2.41. The summed E-state index contributed by atoms with van der Waals surface area (Å²) in [7, 11) is 1.60. The van der Waals surface area contributed by atoms with E-state index in [2.05, 4.69) is 17.3 Å². The zero-order valence-corrected chi connectivity index (χ0v) is 16.5. The molecule has 142 valence electrons. The molecule has 0 fully saturated rings. The summed E-state index contributed by atoms with van der Waals surface area (Å²) in [5, 5.41) is 8.67. The molecule has 7 heteroatoms. The zero-order chi connectivity index (χ0) is 19.5. The summed E-state index contributed by atoms with van der Waals surface area (Å²) < 4.78 is 6.99. The summed E-state index contributed by atoms with van der Waals surface area (Å²) >= 11 is 1.58. The highest BCUT2D eigenvalue weighted by Crippen LogP contribution is 2.27. The molecule has 0 aliphatic rings. The maximum atomic E-state index is 12.6. The number of amides is 1. The molecule has 6 nitrogen and oxygen atoms in total. The fraction of sp³-hybridized carbons (Fsp3) is 0.190. The molecule has 0 aliphatic carbocycles. The van der Waals surface area contributed by atoms with E-state index in [4.69, 9.17) is 9.72 Å². The molecule has 2 heterocycles. The maximum Gasteiger partial charge on any atom is 0.251 e. The number of aromatic nitrogens is 3. The Kier molecular flexibility index (Phi) is 5.08. The van der Waals surface area contributed by atoms with Gasteiger partial charge < -0.3 is 10.1 Å². The number of rotatable bonds is 6. The first-order valence-corrected chi connectivity index (χ1v) is 9.86. The van der Waals surface area contributed by atoms with Gasteiger partial charge in [0.2, 0.25) is 4.96 Å². The third kappa shape index (κ3) is 3.48. The number of carbonyl (C=O) groups is 1. The first-order valence-electron chi connectivity index (χ1n) is 9.04. The van der Waals surface area contributed by atoms with Crippen LogP contribution in [0.25, 0.3) is 16.2 Å². The minimum absolute atomic E-state index is 0.150. The molecule has 4 rings (SSSR count). The number of hydrogen-bond donors (Lipinski definition) is 1. The Labute approximate surface area is 166 Å². The Balaban J connectivity index is 1.64. The molecule has 1 N–H and O–H groups in total. The topological polar surface area (TPSA) is 68.5 Å². The molecule has 0 radical (unpaired) electrons.